The van der Waals surface area contributed by atoms with E-state index in [-0.39, 0.29) is 5.75 Å². The molecule has 0 aromatic rings. The summed E-state index contributed by atoms with van der Waals surface area (Å²) in [5, 5.41) is 8.34. The molecule has 0 spiro atoms. The van der Waals surface area contributed by atoms with Crippen molar-refractivity contribution in [1.82, 2.24) is 0 Å². The summed E-state index contributed by atoms with van der Waals surface area (Å²) in [5.74, 6) is -0.224. The maximum Gasteiger partial charge on any atom is 0.142 e. The molecule has 5 heteroatoms. The van der Waals surface area contributed by atoms with E-state index in [4.69, 9.17) is 0 Å². The maximum absolute atomic E-state index is 10.3. The normalized spacial score (nSPS) is 18.4. The van der Waals surface area contributed by atoms with Gasteiger partial charge in [-0.15, -0.1) is 0 Å². The second kappa shape index (κ2) is 3.24. The first kappa shape index (κ1) is 11.1. The van der Waals surface area contributed by atoms with E-state index in [0.29, 0.717) is 0 Å². The van der Waals surface area contributed by atoms with E-state index in [1.165, 1.54) is 0 Å². The van der Waals surface area contributed by atoms with E-state index in [1.54, 1.807) is 0 Å². The molecule has 11 heavy (non-hydrogen) atoms. The molecule has 0 bridgehead atoms. The van der Waals surface area contributed by atoms with Gasteiger partial charge < -0.3 is 5.11 Å². The Morgan fingerprint density at radius 1 is 1.45 bits per heavy atom. The van der Waals surface area contributed by atoms with Crippen LogP contribution >= 0.6 is 0 Å². The van der Waals surface area contributed by atoms with Crippen LogP contribution in [0.15, 0.2) is 0 Å². The summed E-state index contributed by atoms with van der Waals surface area (Å²) in [6.45, 7) is 9.18. The van der Waals surface area contributed by atoms with Crippen LogP contribution in [0.3, 0.4) is 0 Å². The largest absolute Gasteiger partial charge is 0.392 e. The van der Waals surface area contributed by atoms with Gasteiger partial charge in [0, 0.05) is 0 Å². The van der Waals surface area contributed by atoms with Crippen molar-refractivity contribution >= 4 is 18.8 Å². The monoisotopic (exact) mass is 195 g/mol. The topological polar surface area (TPSA) is 54.4 Å². The molecular formula is C6H15O3SSi. The Labute approximate surface area is 70.4 Å². The number of aliphatic hydroxyl groups is 1. The summed E-state index contributed by atoms with van der Waals surface area (Å²) in [6, 6.07) is 0. The highest BCUT2D eigenvalue weighted by molar-refractivity contribution is 7.72. The standard InChI is InChI=1S/C6H15O3SSi/c1-6(7,5-10(8)9)11(2,3)4/h7,10H,1,5H2,2-4H3. The number of hydrogen-bond acceptors (Lipinski definition) is 3. The van der Waals surface area contributed by atoms with Crippen LogP contribution in [0.4, 0.5) is 0 Å². The van der Waals surface area contributed by atoms with Gasteiger partial charge in [-0.2, -0.15) is 0 Å². The van der Waals surface area contributed by atoms with Crippen molar-refractivity contribution in [3.8, 4) is 0 Å². The molecule has 0 saturated carbocycles. The molecule has 67 valence electrons. The summed E-state index contributed by atoms with van der Waals surface area (Å²) in [4.78, 5) is 0. The van der Waals surface area contributed by atoms with E-state index in [0.717, 1.165) is 0 Å². The zero-order valence-electron chi connectivity index (χ0n) is 7.13. The van der Waals surface area contributed by atoms with Crippen LogP contribution in [0.1, 0.15) is 0 Å². The van der Waals surface area contributed by atoms with Crippen molar-refractivity contribution in [1.29, 1.82) is 0 Å². The zero-order chi connectivity index (χ0) is 9.28. The van der Waals surface area contributed by atoms with Gasteiger partial charge in [-0.05, 0) is 6.92 Å². The fraction of sp³-hybridized carbons (Fsp3) is 0.833. The molecule has 0 aliphatic heterocycles. The average Bonchev–Trinajstić information content (AvgIpc) is 1.56. The number of rotatable bonds is 3. The van der Waals surface area contributed by atoms with E-state index in [1.807, 2.05) is 19.6 Å². The van der Waals surface area contributed by atoms with Crippen LogP contribution in [0, 0.1) is 6.92 Å². The van der Waals surface area contributed by atoms with Gasteiger partial charge >= 0.3 is 0 Å². The van der Waals surface area contributed by atoms with Gasteiger partial charge in [0.15, 0.2) is 0 Å². The fourth-order valence-electron chi connectivity index (χ4n) is 0.451. The Morgan fingerprint density at radius 3 is 1.91 bits per heavy atom. The molecule has 0 aromatic heterocycles. The third-order valence-corrected chi connectivity index (χ3v) is 5.83. The molecule has 0 heterocycles. The van der Waals surface area contributed by atoms with E-state index >= 15 is 0 Å². The third kappa shape index (κ3) is 3.35. The lowest BCUT2D eigenvalue weighted by Gasteiger charge is -2.33. The summed E-state index contributed by atoms with van der Waals surface area (Å²) in [7, 11) is -4.42. The van der Waals surface area contributed by atoms with E-state index < -0.39 is 24.0 Å². The average molecular weight is 195 g/mol. The molecule has 0 saturated heterocycles. The van der Waals surface area contributed by atoms with Crippen molar-refractivity contribution in [2.45, 2.75) is 24.9 Å². The molecule has 0 fully saturated rings. The second-order valence-corrected chi connectivity index (χ2v) is 10.2. The summed E-state index contributed by atoms with van der Waals surface area (Å²) >= 11 is 0. The van der Waals surface area contributed by atoms with E-state index in [2.05, 4.69) is 6.92 Å². The predicted molar refractivity (Wildman–Crippen MR) is 48.8 cm³/mol. The summed E-state index contributed by atoms with van der Waals surface area (Å²) in [6.07, 6.45) is 0. The quantitative estimate of drug-likeness (QED) is 0.494. The summed E-state index contributed by atoms with van der Waals surface area (Å²) in [5.41, 5.74) is 0. The Morgan fingerprint density at radius 2 is 1.82 bits per heavy atom. The summed E-state index contributed by atoms with van der Waals surface area (Å²) < 4.78 is 20.6. The Balaban J connectivity index is 4.47. The minimum atomic E-state index is -2.53. The van der Waals surface area contributed by atoms with Crippen LogP contribution in [-0.4, -0.2) is 32.6 Å². The van der Waals surface area contributed by atoms with Gasteiger partial charge in [-0.1, -0.05) is 19.6 Å². The number of thiol groups is 1. The second-order valence-electron chi connectivity index (χ2n) is 3.77. The maximum atomic E-state index is 10.3. The molecule has 0 amide bonds. The molecule has 0 aliphatic carbocycles. The van der Waals surface area contributed by atoms with Gasteiger partial charge in [0.25, 0.3) is 0 Å². The first-order valence-electron chi connectivity index (χ1n) is 3.36. The predicted octanol–water partition coefficient (Wildman–Crippen LogP) is 0.0404. The highest BCUT2D eigenvalue weighted by Gasteiger charge is 2.37. The highest BCUT2D eigenvalue weighted by atomic mass is 32.2. The molecular weight excluding hydrogens is 180 g/mol. The molecule has 1 atom stereocenters. The molecule has 1 N–H and O–H groups in total. The van der Waals surface area contributed by atoms with Gasteiger partial charge in [0.05, 0.1) is 19.1 Å². The lowest BCUT2D eigenvalue weighted by Crippen LogP contribution is -2.53. The molecule has 1 unspecified atom stereocenters. The fourth-order valence-corrected chi connectivity index (χ4v) is 3.16. The molecule has 0 aromatic carbocycles. The van der Waals surface area contributed by atoms with Gasteiger partial charge in [-0.25, -0.2) is 8.42 Å². The van der Waals surface area contributed by atoms with Crippen LogP contribution in [-0.2, 0) is 10.7 Å². The van der Waals surface area contributed by atoms with E-state index in [9.17, 15) is 13.5 Å². The van der Waals surface area contributed by atoms with Crippen molar-refractivity contribution < 1.29 is 13.5 Å². The lowest BCUT2D eigenvalue weighted by molar-refractivity contribution is 0.187. The van der Waals surface area contributed by atoms with Gasteiger partial charge in [0.2, 0.25) is 0 Å². The molecule has 3 nitrogen and oxygen atoms in total. The minimum absolute atomic E-state index is 0.224. The van der Waals surface area contributed by atoms with Crippen LogP contribution in [0.25, 0.3) is 0 Å². The van der Waals surface area contributed by atoms with Crippen LogP contribution in [0.2, 0.25) is 19.6 Å². The van der Waals surface area contributed by atoms with Crippen molar-refractivity contribution in [2.24, 2.45) is 0 Å². The Hall–Kier alpha value is 0.127. The minimum Gasteiger partial charge on any atom is -0.392 e. The van der Waals surface area contributed by atoms with Gasteiger partial charge in [0.1, 0.15) is 10.7 Å². The van der Waals surface area contributed by atoms with Gasteiger partial charge in [-0.3, -0.25) is 0 Å². The third-order valence-electron chi connectivity index (χ3n) is 1.79. The van der Waals surface area contributed by atoms with Crippen LogP contribution < -0.4 is 0 Å². The molecule has 0 rings (SSSR count). The highest BCUT2D eigenvalue weighted by Crippen LogP contribution is 2.19. The molecule has 0 aliphatic rings. The first-order valence-corrected chi connectivity index (χ1v) is 8.22. The van der Waals surface area contributed by atoms with Crippen LogP contribution in [0.5, 0.6) is 0 Å². The smallest absolute Gasteiger partial charge is 0.142 e. The Bertz CT molecular complexity index is 194. The van der Waals surface area contributed by atoms with Crippen molar-refractivity contribution in [3.05, 3.63) is 6.92 Å². The Kier molecular flexibility index (Phi) is 3.28. The first-order chi connectivity index (χ1) is 4.67. The van der Waals surface area contributed by atoms with Crippen molar-refractivity contribution in [2.75, 3.05) is 5.75 Å². The zero-order valence-corrected chi connectivity index (χ0v) is 9.02. The SMILES string of the molecule is [CH2]C(O)(C[SH](=O)=O)[Si](C)(C)C. The number of hydrogen-bond donors (Lipinski definition) is 2. The van der Waals surface area contributed by atoms with Crippen molar-refractivity contribution in [3.63, 3.8) is 0 Å². The lowest BCUT2D eigenvalue weighted by atomic mass is 10.5. The molecule has 1 radical (unpaired) electrons.